The highest BCUT2D eigenvalue weighted by atomic mass is 19.4. The second-order valence-electron chi connectivity index (χ2n) is 6.49. The molecule has 2 heterocycles. The van der Waals surface area contributed by atoms with Gasteiger partial charge in [-0.25, -0.2) is 0 Å². The summed E-state index contributed by atoms with van der Waals surface area (Å²) in [4.78, 5) is 13.3. The lowest BCUT2D eigenvalue weighted by atomic mass is 10.1. The topological polar surface area (TPSA) is 38.1 Å². The molecule has 4 rings (SSSR count). The van der Waals surface area contributed by atoms with Gasteiger partial charge in [0.2, 0.25) is 5.91 Å². The minimum atomic E-state index is -4.37. The summed E-state index contributed by atoms with van der Waals surface area (Å²) in [5.41, 5.74) is 1.46. The van der Waals surface area contributed by atoms with Gasteiger partial charge in [-0.05, 0) is 24.3 Å². The number of amides is 1. The number of carbonyl (C=O) groups excluding carboxylic acids is 1. The summed E-state index contributed by atoms with van der Waals surface area (Å²) < 4.78 is 40.3. The molecule has 1 fully saturated rings. The third kappa shape index (κ3) is 2.99. The average Bonchev–Trinajstić information content (AvgIpc) is 2.99. The Labute approximate surface area is 153 Å². The highest BCUT2D eigenvalue weighted by Crippen LogP contribution is 2.34. The van der Waals surface area contributed by atoms with Crippen molar-refractivity contribution in [3.63, 3.8) is 0 Å². The lowest BCUT2D eigenvalue weighted by molar-refractivity contribution is -0.137. The number of benzene rings is 2. The molecule has 4 nitrogen and oxygen atoms in total. The van der Waals surface area contributed by atoms with Crippen molar-refractivity contribution < 1.29 is 18.0 Å². The molecule has 0 aliphatic carbocycles. The Kier molecular flexibility index (Phi) is 4.02. The Balaban J connectivity index is 1.71. The van der Waals surface area contributed by atoms with Gasteiger partial charge in [-0.2, -0.15) is 18.3 Å². The highest BCUT2D eigenvalue weighted by molar-refractivity contribution is 5.93. The van der Waals surface area contributed by atoms with E-state index >= 15 is 0 Å². The number of fused-ring (bicyclic) bond motifs is 1. The van der Waals surface area contributed by atoms with Crippen LogP contribution in [0.4, 0.5) is 13.2 Å². The van der Waals surface area contributed by atoms with Crippen molar-refractivity contribution in [3.05, 3.63) is 66.7 Å². The number of alkyl halides is 3. The van der Waals surface area contributed by atoms with Gasteiger partial charge >= 0.3 is 6.18 Å². The van der Waals surface area contributed by atoms with Crippen LogP contribution in [0.25, 0.3) is 22.2 Å². The molecule has 3 aromatic rings. The highest BCUT2D eigenvalue weighted by Gasteiger charge is 2.33. The molecule has 0 atom stereocenters. The van der Waals surface area contributed by atoms with Gasteiger partial charge in [0.05, 0.1) is 17.1 Å². The van der Waals surface area contributed by atoms with Crippen LogP contribution in [0.2, 0.25) is 0 Å². The first kappa shape index (κ1) is 17.3. The van der Waals surface area contributed by atoms with Gasteiger partial charge in [0.25, 0.3) is 0 Å². The Hall–Kier alpha value is -3.09. The monoisotopic (exact) mass is 371 g/mol. The summed E-state index contributed by atoms with van der Waals surface area (Å²) in [5.74, 6) is -0.120. The number of para-hydroxylation sites is 1. The minimum Gasteiger partial charge on any atom is -0.335 e. The first-order valence-corrected chi connectivity index (χ1v) is 8.44. The summed E-state index contributed by atoms with van der Waals surface area (Å²) in [5, 5.41) is 5.53. The Morgan fingerprint density at radius 2 is 1.78 bits per heavy atom. The molecule has 1 aromatic heterocycles. The molecule has 1 saturated heterocycles. The number of hydrogen-bond donors (Lipinski definition) is 0. The van der Waals surface area contributed by atoms with Gasteiger partial charge in [-0.1, -0.05) is 36.9 Å². The van der Waals surface area contributed by atoms with Crippen molar-refractivity contribution >= 4 is 16.8 Å². The van der Waals surface area contributed by atoms with Crippen molar-refractivity contribution in [2.45, 2.75) is 12.2 Å². The van der Waals surface area contributed by atoms with Crippen LogP contribution in [0, 0.1) is 0 Å². The van der Waals surface area contributed by atoms with Crippen LogP contribution in [0.3, 0.4) is 0 Å². The van der Waals surface area contributed by atoms with Gasteiger partial charge in [0, 0.05) is 24.0 Å². The van der Waals surface area contributed by atoms with E-state index in [4.69, 9.17) is 0 Å². The van der Waals surface area contributed by atoms with Crippen LogP contribution in [0.1, 0.15) is 11.6 Å². The van der Waals surface area contributed by atoms with E-state index in [0.717, 1.165) is 23.0 Å². The van der Waals surface area contributed by atoms with Crippen LogP contribution < -0.4 is 0 Å². The lowest BCUT2D eigenvalue weighted by Gasteiger charge is -2.38. The zero-order valence-corrected chi connectivity index (χ0v) is 14.3. The average molecular weight is 371 g/mol. The molecule has 1 amide bonds. The van der Waals surface area contributed by atoms with Gasteiger partial charge in [0.15, 0.2) is 0 Å². The number of halogens is 3. The molecule has 0 bridgehead atoms. The second-order valence-corrected chi connectivity index (χ2v) is 6.49. The molecular weight excluding hydrogens is 355 g/mol. The van der Waals surface area contributed by atoms with Crippen LogP contribution in [0.5, 0.6) is 0 Å². The fourth-order valence-corrected chi connectivity index (χ4v) is 3.32. The van der Waals surface area contributed by atoms with Gasteiger partial charge < -0.3 is 4.90 Å². The molecule has 0 N–H and O–H groups in total. The van der Waals surface area contributed by atoms with Crippen LogP contribution >= 0.6 is 0 Å². The van der Waals surface area contributed by atoms with E-state index in [-0.39, 0.29) is 11.9 Å². The Morgan fingerprint density at radius 3 is 2.41 bits per heavy atom. The number of rotatable bonds is 3. The van der Waals surface area contributed by atoms with Gasteiger partial charge in [-0.3, -0.25) is 9.48 Å². The smallest absolute Gasteiger partial charge is 0.335 e. The van der Waals surface area contributed by atoms with E-state index in [1.54, 1.807) is 4.90 Å². The maximum atomic E-state index is 12.8. The number of hydrogen-bond acceptors (Lipinski definition) is 2. The standard InChI is InChI=1S/C20H16F3N3O/c1-2-18(27)25-11-15(12-25)26-17-6-4-3-5-16(17)19(24-26)13-7-9-14(10-8-13)20(21,22)23/h2-10,15H,1,11-12H2. The summed E-state index contributed by atoms with van der Waals surface area (Å²) in [6.07, 6.45) is -3.09. The van der Waals surface area contributed by atoms with Gasteiger partial charge in [-0.15, -0.1) is 0 Å². The number of nitrogens with zero attached hydrogens (tertiary/aromatic N) is 3. The third-order valence-corrected chi connectivity index (χ3v) is 4.79. The molecule has 138 valence electrons. The van der Waals surface area contributed by atoms with E-state index in [9.17, 15) is 18.0 Å². The minimum absolute atomic E-state index is 0.0296. The predicted octanol–water partition coefficient (Wildman–Crippen LogP) is 4.29. The number of aromatic nitrogens is 2. The fraction of sp³-hybridized carbons (Fsp3) is 0.200. The molecule has 0 saturated carbocycles. The molecule has 2 aromatic carbocycles. The third-order valence-electron chi connectivity index (χ3n) is 4.79. The van der Waals surface area contributed by atoms with E-state index in [2.05, 4.69) is 11.7 Å². The second kappa shape index (κ2) is 6.26. The summed E-state index contributed by atoms with van der Waals surface area (Å²) in [6.45, 7) is 4.55. The zero-order valence-electron chi connectivity index (χ0n) is 14.3. The van der Waals surface area contributed by atoms with Crippen LogP contribution in [-0.2, 0) is 11.0 Å². The normalized spacial score (nSPS) is 15.0. The number of likely N-dealkylation sites (tertiary alicyclic amines) is 1. The van der Waals surface area contributed by atoms with Crippen LogP contribution in [-0.4, -0.2) is 33.7 Å². The molecule has 0 spiro atoms. The molecule has 0 unspecified atom stereocenters. The maximum Gasteiger partial charge on any atom is 0.416 e. The SMILES string of the molecule is C=CC(=O)N1CC(n2nc(-c3ccc(C(F)(F)F)cc3)c3ccccc32)C1. The number of carbonyl (C=O) groups is 1. The summed E-state index contributed by atoms with van der Waals surface area (Å²) in [7, 11) is 0. The van der Waals surface area contributed by atoms with Crippen molar-refractivity contribution in [2.24, 2.45) is 0 Å². The largest absolute Gasteiger partial charge is 0.416 e. The van der Waals surface area contributed by atoms with Crippen LogP contribution in [0.15, 0.2) is 61.2 Å². The fourth-order valence-electron chi connectivity index (χ4n) is 3.32. The Morgan fingerprint density at radius 1 is 1.11 bits per heavy atom. The molecule has 1 aliphatic rings. The Bertz CT molecular complexity index is 1020. The molecule has 0 radical (unpaired) electrons. The summed E-state index contributed by atoms with van der Waals surface area (Å²) >= 11 is 0. The van der Waals surface area contributed by atoms with Crippen molar-refractivity contribution in [1.82, 2.24) is 14.7 Å². The first-order valence-electron chi connectivity index (χ1n) is 8.44. The maximum absolute atomic E-state index is 12.8. The molecule has 1 aliphatic heterocycles. The van der Waals surface area contributed by atoms with E-state index < -0.39 is 11.7 Å². The molecule has 27 heavy (non-hydrogen) atoms. The summed E-state index contributed by atoms with van der Waals surface area (Å²) in [6, 6.07) is 12.6. The first-order chi connectivity index (χ1) is 12.9. The predicted molar refractivity (Wildman–Crippen MR) is 96.0 cm³/mol. The molecular formula is C20H16F3N3O. The van der Waals surface area contributed by atoms with Crippen molar-refractivity contribution in [3.8, 4) is 11.3 Å². The van der Waals surface area contributed by atoms with E-state index in [1.807, 2.05) is 28.9 Å². The van der Waals surface area contributed by atoms with E-state index in [1.165, 1.54) is 18.2 Å². The van der Waals surface area contributed by atoms with Crippen molar-refractivity contribution in [2.75, 3.05) is 13.1 Å². The van der Waals surface area contributed by atoms with Crippen molar-refractivity contribution in [1.29, 1.82) is 0 Å². The van der Waals surface area contributed by atoms with E-state index in [0.29, 0.717) is 24.3 Å². The lowest BCUT2D eigenvalue weighted by Crippen LogP contribution is -2.50. The molecule has 7 heteroatoms. The quantitative estimate of drug-likeness (QED) is 0.644. The zero-order chi connectivity index (χ0) is 19.2. The van der Waals surface area contributed by atoms with Gasteiger partial charge in [0.1, 0.15) is 5.69 Å².